The molecule has 2 rings (SSSR count). The highest BCUT2D eigenvalue weighted by molar-refractivity contribution is 9.10. The summed E-state index contributed by atoms with van der Waals surface area (Å²) in [7, 11) is 0. The summed E-state index contributed by atoms with van der Waals surface area (Å²) >= 11 is 5.32. The minimum absolute atomic E-state index is 0.422. The SMILES string of the molecule is CCC(NC(C)Cc1ccsc1)c1cccc(Br)c1. The van der Waals surface area contributed by atoms with E-state index in [0.29, 0.717) is 12.1 Å². The molecular weight excluding hydrogens is 318 g/mol. The van der Waals surface area contributed by atoms with Gasteiger partial charge in [0.1, 0.15) is 0 Å². The third-order valence-electron chi connectivity index (χ3n) is 3.27. The van der Waals surface area contributed by atoms with Gasteiger partial charge in [-0.25, -0.2) is 0 Å². The molecule has 19 heavy (non-hydrogen) atoms. The van der Waals surface area contributed by atoms with Gasteiger partial charge in [0, 0.05) is 16.6 Å². The fourth-order valence-corrected chi connectivity index (χ4v) is 3.44. The second kappa shape index (κ2) is 7.22. The molecule has 1 aromatic heterocycles. The molecule has 1 aromatic carbocycles. The topological polar surface area (TPSA) is 12.0 Å². The van der Waals surface area contributed by atoms with Crippen LogP contribution >= 0.6 is 27.3 Å². The predicted octanol–water partition coefficient (Wildman–Crippen LogP) is 5.18. The number of rotatable bonds is 6. The van der Waals surface area contributed by atoms with E-state index in [1.807, 2.05) is 0 Å². The van der Waals surface area contributed by atoms with Crippen molar-refractivity contribution in [3.63, 3.8) is 0 Å². The summed E-state index contributed by atoms with van der Waals surface area (Å²) in [5, 5.41) is 8.11. The van der Waals surface area contributed by atoms with Crippen molar-refractivity contribution < 1.29 is 0 Å². The van der Waals surface area contributed by atoms with E-state index in [4.69, 9.17) is 0 Å². The molecule has 0 aliphatic heterocycles. The van der Waals surface area contributed by atoms with E-state index in [0.717, 1.165) is 17.3 Å². The normalized spacial score (nSPS) is 14.3. The highest BCUT2D eigenvalue weighted by atomic mass is 79.9. The van der Waals surface area contributed by atoms with Crippen LogP contribution in [-0.4, -0.2) is 6.04 Å². The van der Waals surface area contributed by atoms with Gasteiger partial charge in [-0.1, -0.05) is 35.0 Å². The number of hydrogen-bond donors (Lipinski definition) is 1. The molecule has 0 spiro atoms. The molecule has 1 nitrogen and oxygen atoms in total. The fourth-order valence-electron chi connectivity index (χ4n) is 2.34. The van der Waals surface area contributed by atoms with Gasteiger partial charge in [0.05, 0.1) is 0 Å². The lowest BCUT2D eigenvalue weighted by Gasteiger charge is -2.22. The minimum atomic E-state index is 0.422. The second-order valence-electron chi connectivity index (χ2n) is 4.92. The third-order valence-corrected chi connectivity index (χ3v) is 4.49. The summed E-state index contributed by atoms with van der Waals surface area (Å²) in [5.74, 6) is 0. The molecule has 0 bridgehead atoms. The third kappa shape index (κ3) is 4.44. The van der Waals surface area contributed by atoms with E-state index in [2.05, 4.69) is 76.2 Å². The second-order valence-corrected chi connectivity index (χ2v) is 6.61. The molecule has 0 saturated carbocycles. The molecule has 1 N–H and O–H groups in total. The van der Waals surface area contributed by atoms with E-state index in [9.17, 15) is 0 Å². The van der Waals surface area contributed by atoms with Crippen molar-refractivity contribution in [1.29, 1.82) is 0 Å². The largest absolute Gasteiger partial charge is 0.307 e. The van der Waals surface area contributed by atoms with Crippen molar-refractivity contribution in [2.75, 3.05) is 0 Å². The van der Waals surface area contributed by atoms with E-state index < -0.39 is 0 Å². The summed E-state index contributed by atoms with van der Waals surface area (Å²) in [6.07, 6.45) is 2.19. The fraction of sp³-hybridized carbons (Fsp3) is 0.375. The van der Waals surface area contributed by atoms with Gasteiger partial charge in [0.2, 0.25) is 0 Å². The summed E-state index contributed by atoms with van der Waals surface area (Å²) < 4.78 is 1.15. The van der Waals surface area contributed by atoms with E-state index in [1.165, 1.54) is 11.1 Å². The van der Waals surface area contributed by atoms with Crippen LogP contribution in [0.3, 0.4) is 0 Å². The van der Waals surface area contributed by atoms with Crippen LogP contribution in [0.15, 0.2) is 45.6 Å². The van der Waals surface area contributed by atoms with Crippen LogP contribution in [0.25, 0.3) is 0 Å². The van der Waals surface area contributed by atoms with Crippen LogP contribution in [0, 0.1) is 0 Å². The van der Waals surface area contributed by atoms with Crippen molar-refractivity contribution >= 4 is 27.3 Å². The summed E-state index contributed by atoms with van der Waals surface area (Å²) in [5.41, 5.74) is 2.78. The summed E-state index contributed by atoms with van der Waals surface area (Å²) in [6, 6.07) is 11.7. The zero-order chi connectivity index (χ0) is 13.7. The van der Waals surface area contributed by atoms with Gasteiger partial charge < -0.3 is 5.32 Å². The van der Waals surface area contributed by atoms with Gasteiger partial charge in [0.15, 0.2) is 0 Å². The zero-order valence-corrected chi connectivity index (χ0v) is 13.8. The van der Waals surface area contributed by atoms with Crippen molar-refractivity contribution in [1.82, 2.24) is 5.32 Å². The van der Waals surface area contributed by atoms with Crippen molar-refractivity contribution in [2.24, 2.45) is 0 Å². The molecule has 2 unspecified atom stereocenters. The Labute approximate surface area is 128 Å². The molecule has 2 aromatic rings. The van der Waals surface area contributed by atoms with E-state index in [1.54, 1.807) is 11.3 Å². The average Bonchev–Trinajstić information content (AvgIpc) is 2.88. The Morgan fingerprint density at radius 2 is 2.16 bits per heavy atom. The van der Waals surface area contributed by atoms with Crippen molar-refractivity contribution in [3.05, 3.63) is 56.7 Å². The first kappa shape index (κ1) is 14.8. The molecule has 1 heterocycles. The standard InChI is InChI=1S/C16H20BrNS/c1-3-16(14-5-4-6-15(17)10-14)18-12(2)9-13-7-8-19-11-13/h4-8,10-12,16,18H,3,9H2,1-2H3. The molecule has 0 aliphatic rings. The highest BCUT2D eigenvalue weighted by Crippen LogP contribution is 2.21. The number of nitrogens with one attached hydrogen (secondary N) is 1. The Bertz CT molecular complexity index is 495. The average molecular weight is 338 g/mol. The minimum Gasteiger partial charge on any atom is -0.307 e. The Kier molecular flexibility index (Phi) is 5.61. The predicted molar refractivity (Wildman–Crippen MR) is 87.8 cm³/mol. The van der Waals surface area contributed by atoms with Crippen LogP contribution in [-0.2, 0) is 6.42 Å². The first-order valence-electron chi connectivity index (χ1n) is 6.71. The lowest BCUT2D eigenvalue weighted by molar-refractivity contribution is 0.443. The smallest absolute Gasteiger partial charge is 0.0320 e. The first-order chi connectivity index (χ1) is 9.19. The van der Waals surface area contributed by atoms with Crippen LogP contribution < -0.4 is 5.32 Å². The molecule has 3 heteroatoms. The van der Waals surface area contributed by atoms with Crippen LogP contribution in [0.5, 0.6) is 0 Å². The maximum absolute atomic E-state index is 3.73. The Morgan fingerprint density at radius 3 is 2.79 bits per heavy atom. The molecule has 0 radical (unpaired) electrons. The van der Waals surface area contributed by atoms with Crippen LogP contribution in [0.4, 0.5) is 0 Å². The van der Waals surface area contributed by atoms with Gasteiger partial charge in [-0.2, -0.15) is 11.3 Å². The Balaban J connectivity index is 1.98. The lowest BCUT2D eigenvalue weighted by Crippen LogP contribution is -2.31. The number of benzene rings is 1. The number of hydrogen-bond acceptors (Lipinski definition) is 2. The maximum atomic E-state index is 3.73. The molecule has 0 fully saturated rings. The Hall–Kier alpha value is -0.640. The molecule has 0 amide bonds. The molecule has 102 valence electrons. The molecule has 0 aliphatic carbocycles. The van der Waals surface area contributed by atoms with Crippen LogP contribution in [0.2, 0.25) is 0 Å². The first-order valence-corrected chi connectivity index (χ1v) is 8.45. The monoisotopic (exact) mass is 337 g/mol. The van der Waals surface area contributed by atoms with Gasteiger partial charge in [-0.05, 0) is 59.9 Å². The summed E-state index contributed by atoms with van der Waals surface area (Å²) in [4.78, 5) is 0. The molecule has 2 atom stereocenters. The van der Waals surface area contributed by atoms with Gasteiger partial charge in [-0.3, -0.25) is 0 Å². The number of thiophene rings is 1. The van der Waals surface area contributed by atoms with Crippen molar-refractivity contribution in [2.45, 2.75) is 38.8 Å². The quantitative estimate of drug-likeness (QED) is 0.765. The zero-order valence-electron chi connectivity index (χ0n) is 11.4. The van der Waals surface area contributed by atoms with Gasteiger partial charge in [0.25, 0.3) is 0 Å². The van der Waals surface area contributed by atoms with E-state index in [-0.39, 0.29) is 0 Å². The Morgan fingerprint density at radius 1 is 1.32 bits per heavy atom. The molecular formula is C16H20BrNS. The maximum Gasteiger partial charge on any atom is 0.0320 e. The van der Waals surface area contributed by atoms with Gasteiger partial charge in [-0.15, -0.1) is 0 Å². The lowest BCUT2D eigenvalue weighted by atomic mass is 10.0. The highest BCUT2D eigenvalue weighted by Gasteiger charge is 2.13. The van der Waals surface area contributed by atoms with Crippen molar-refractivity contribution in [3.8, 4) is 0 Å². The summed E-state index contributed by atoms with van der Waals surface area (Å²) in [6.45, 7) is 4.49. The number of halogens is 1. The molecule has 0 saturated heterocycles. The van der Waals surface area contributed by atoms with Crippen LogP contribution in [0.1, 0.15) is 37.4 Å². The van der Waals surface area contributed by atoms with Gasteiger partial charge >= 0.3 is 0 Å². The van der Waals surface area contributed by atoms with E-state index >= 15 is 0 Å².